The number of hydrogen-bond acceptors (Lipinski definition) is 3. The molecule has 0 aliphatic heterocycles. The van der Waals surface area contributed by atoms with Gasteiger partial charge in [-0.3, -0.25) is 4.79 Å². The summed E-state index contributed by atoms with van der Waals surface area (Å²) in [6.07, 6.45) is 4.11. The third-order valence-electron chi connectivity index (χ3n) is 3.99. The molecule has 0 radical (unpaired) electrons. The molecule has 4 heteroatoms. The van der Waals surface area contributed by atoms with Crippen molar-refractivity contribution in [2.75, 3.05) is 6.61 Å². The van der Waals surface area contributed by atoms with Gasteiger partial charge >= 0.3 is 0 Å². The highest BCUT2D eigenvalue weighted by atomic mass is 16.5. The van der Waals surface area contributed by atoms with Crippen LogP contribution in [-0.2, 0) is 6.42 Å². The van der Waals surface area contributed by atoms with Gasteiger partial charge in [0.1, 0.15) is 5.75 Å². The standard InChI is InChI=1S/C19H26N2O2/c1-5-7-10-16-14(3)20-21(15(16)4)19(22)17-11-8-9-12-18(17)23-13-6-2/h8-9,11-12H,5-7,10,13H2,1-4H3. The molecule has 1 aromatic carbocycles. The Balaban J connectivity index is 2.34. The average Bonchev–Trinajstić information content (AvgIpc) is 2.85. The molecule has 2 aromatic rings. The van der Waals surface area contributed by atoms with Gasteiger partial charge in [0.05, 0.1) is 17.9 Å². The van der Waals surface area contributed by atoms with Gasteiger partial charge < -0.3 is 4.74 Å². The lowest BCUT2D eigenvalue weighted by Crippen LogP contribution is -2.17. The van der Waals surface area contributed by atoms with Gasteiger partial charge in [-0.15, -0.1) is 0 Å². The number of carbonyl (C=O) groups excluding carboxylic acids is 1. The quantitative estimate of drug-likeness (QED) is 0.764. The molecular weight excluding hydrogens is 288 g/mol. The second-order valence-electron chi connectivity index (χ2n) is 5.81. The first-order chi connectivity index (χ1) is 11.1. The predicted octanol–water partition coefficient (Wildman–Crippen LogP) is 4.32. The van der Waals surface area contributed by atoms with Gasteiger partial charge in [0.15, 0.2) is 0 Å². The number of carbonyl (C=O) groups is 1. The van der Waals surface area contributed by atoms with Gasteiger partial charge in [-0.2, -0.15) is 5.10 Å². The van der Waals surface area contributed by atoms with Crippen molar-refractivity contribution in [2.45, 2.75) is 53.4 Å². The molecule has 0 amide bonds. The Labute approximate surface area is 138 Å². The zero-order chi connectivity index (χ0) is 16.8. The summed E-state index contributed by atoms with van der Waals surface area (Å²) in [7, 11) is 0. The van der Waals surface area contributed by atoms with Crippen LogP contribution >= 0.6 is 0 Å². The number of ether oxygens (including phenoxy) is 1. The Hall–Kier alpha value is -2.10. The summed E-state index contributed by atoms with van der Waals surface area (Å²) in [5.74, 6) is 0.502. The normalized spacial score (nSPS) is 10.8. The number of rotatable bonds is 7. The number of aryl methyl sites for hydroxylation is 1. The van der Waals surface area contributed by atoms with Crippen molar-refractivity contribution < 1.29 is 9.53 Å². The zero-order valence-corrected chi connectivity index (χ0v) is 14.6. The third kappa shape index (κ3) is 3.81. The number of para-hydroxylation sites is 1. The smallest absolute Gasteiger partial charge is 0.282 e. The lowest BCUT2D eigenvalue weighted by Gasteiger charge is -2.10. The van der Waals surface area contributed by atoms with Crippen molar-refractivity contribution in [3.05, 3.63) is 46.8 Å². The Morgan fingerprint density at radius 1 is 1.17 bits per heavy atom. The molecule has 0 N–H and O–H groups in total. The first-order valence-electron chi connectivity index (χ1n) is 8.41. The van der Waals surface area contributed by atoms with Crippen LogP contribution in [0.4, 0.5) is 0 Å². The first-order valence-corrected chi connectivity index (χ1v) is 8.41. The van der Waals surface area contributed by atoms with E-state index in [1.165, 1.54) is 10.2 Å². The van der Waals surface area contributed by atoms with Gasteiger partial charge in [-0.1, -0.05) is 32.4 Å². The van der Waals surface area contributed by atoms with E-state index in [0.29, 0.717) is 17.9 Å². The fraction of sp³-hybridized carbons (Fsp3) is 0.474. The minimum atomic E-state index is -0.125. The SMILES string of the molecule is CCCCc1c(C)nn(C(=O)c2ccccc2OCCC)c1C. The maximum atomic E-state index is 12.9. The molecule has 23 heavy (non-hydrogen) atoms. The molecule has 4 nitrogen and oxygen atoms in total. The lowest BCUT2D eigenvalue weighted by molar-refractivity contribution is 0.0938. The molecule has 0 aliphatic carbocycles. The minimum Gasteiger partial charge on any atom is -0.493 e. The second-order valence-corrected chi connectivity index (χ2v) is 5.81. The van der Waals surface area contributed by atoms with Crippen LogP contribution in [0.1, 0.15) is 60.4 Å². The van der Waals surface area contributed by atoms with E-state index in [9.17, 15) is 4.79 Å². The van der Waals surface area contributed by atoms with Crippen molar-refractivity contribution in [2.24, 2.45) is 0 Å². The molecule has 0 aliphatic rings. The fourth-order valence-electron chi connectivity index (χ4n) is 2.68. The van der Waals surface area contributed by atoms with Gasteiger partial charge in [0.25, 0.3) is 5.91 Å². The van der Waals surface area contributed by atoms with Crippen molar-refractivity contribution in [3.63, 3.8) is 0 Å². The monoisotopic (exact) mass is 314 g/mol. The van der Waals surface area contributed by atoms with Crippen LogP contribution < -0.4 is 4.74 Å². The topological polar surface area (TPSA) is 44.1 Å². The van der Waals surface area contributed by atoms with Crippen LogP contribution in [0, 0.1) is 13.8 Å². The Kier molecular flexibility index (Phi) is 5.97. The maximum absolute atomic E-state index is 12.9. The van der Waals surface area contributed by atoms with Crippen molar-refractivity contribution in [1.29, 1.82) is 0 Å². The van der Waals surface area contributed by atoms with Gasteiger partial charge in [0.2, 0.25) is 0 Å². The fourth-order valence-corrected chi connectivity index (χ4v) is 2.68. The van der Waals surface area contributed by atoms with Crippen molar-refractivity contribution in [3.8, 4) is 5.75 Å². The number of benzene rings is 1. The molecule has 1 aromatic heterocycles. The van der Waals surface area contributed by atoms with Crippen LogP contribution in [0.2, 0.25) is 0 Å². The summed E-state index contributed by atoms with van der Waals surface area (Å²) in [6, 6.07) is 7.38. The summed E-state index contributed by atoms with van der Waals surface area (Å²) < 4.78 is 7.23. The molecule has 0 saturated carbocycles. The summed E-state index contributed by atoms with van der Waals surface area (Å²) in [5.41, 5.74) is 3.63. The van der Waals surface area contributed by atoms with E-state index in [1.54, 1.807) is 6.07 Å². The number of unbranched alkanes of at least 4 members (excludes halogenated alkanes) is 1. The average molecular weight is 314 g/mol. The minimum absolute atomic E-state index is 0.125. The molecule has 2 rings (SSSR count). The largest absolute Gasteiger partial charge is 0.493 e. The molecule has 0 fully saturated rings. The number of hydrogen-bond donors (Lipinski definition) is 0. The van der Waals surface area contributed by atoms with Crippen molar-refractivity contribution >= 4 is 5.91 Å². The molecule has 0 unspecified atom stereocenters. The van der Waals surface area contributed by atoms with Crippen LogP contribution in [0.15, 0.2) is 24.3 Å². The zero-order valence-electron chi connectivity index (χ0n) is 14.6. The Morgan fingerprint density at radius 2 is 1.91 bits per heavy atom. The van der Waals surface area contributed by atoms with Crippen LogP contribution in [-0.4, -0.2) is 22.3 Å². The summed E-state index contributed by atoms with van der Waals surface area (Å²) in [6.45, 7) is 8.76. The molecule has 1 heterocycles. The number of nitrogens with zero attached hydrogens (tertiary/aromatic N) is 2. The highest BCUT2D eigenvalue weighted by Gasteiger charge is 2.20. The summed E-state index contributed by atoms with van der Waals surface area (Å²) in [4.78, 5) is 12.9. The van der Waals surface area contributed by atoms with Crippen molar-refractivity contribution in [1.82, 2.24) is 9.78 Å². The highest BCUT2D eigenvalue weighted by molar-refractivity contribution is 5.98. The van der Waals surface area contributed by atoms with E-state index >= 15 is 0 Å². The third-order valence-corrected chi connectivity index (χ3v) is 3.99. The highest BCUT2D eigenvalue weighted by Crippen LogP contribution is 2.22. The first kappa shape index (κ1) is 17.3. The Morgan fingerprint density at radius 3 is 2.61 bits per heavy atom. The van der Waals surface area contributed by atoms with Crippen LogP contribution in [0.3, 0.4) is 0 Å². The van der Waals surface area contributed by atoms with E-state index in [1.807, 2.05) is 39.0 Å². The Bertz CT molecular complexity index is 674. The second kappa shape index (κ2) is 7.95. The molecule has 0 saturated heterocycles. The van der Waals surface area contributed by atoms with Gasteiger partial charge in [-0.05, 0) is 50.8 Å². The molecule has 0 bridgehead atoms. The molecule has 0 atom stereocenters. The summed E-state index contributed by atoms with van der Waals surface area (Å²) >= 11 is 0. The van der Waals surface area contributed by atoms with Gasteiger partial charge in [0, 0.05) is 5.69 Å². The molecular formula is C19H26N2O2. The van der Waals surface area contributed by atoms with E-state index in [2.05, 4.69) is 12.0 Å². The van der Waals surface area contributed by atoms with E-state index < -0.39 is 0 Å². The number of aromatic nitrogens is 2. The lowest BCUT2D eigenvalue weighted by atomic mass is 10.1. The predicted molar refractivity (Wildman–Crippen MR) is 92.3 cm³/mol. The van der Waals surface area contributed by atoms with Crippen LogP contribution in [0.5, 0.6) is 5.75 Å². The molecule has 124 valence electrons. The van der Waals surface area contributed by atoms with E-state index in [-0.39, 0.29) is 5.91 Å². The summed E-state index contributed by atoms with van der Waals surface area (Å²) in [5, 5.41) is 4.47. The van der Waals surface area contributed by atoms with Gasteiger partial charge in [-0.25, -0.2) is 4.68 Å². The maximum Gasteiger partial charge on any atom is 0.282 e. The molecule has 0 spiro atoms. The van der Waals surface area contributed by atoms with E-state index in [4.69, 9.17) is 4.74 Å². The van der Waals surface area contributed by atoms with E-state index in [0.717, 1.165) is 37.1 Å². The van der Waals surface area contributed by atoms with Crippen LogP contribution in [0.25, 0.3) is 0 Å².